The van der Waals surface area contributed by atoms with Gasteiger partial charge in [-0.05, 0) is 28.4 Å². The molecule has 2 heteroatoms. The molecule has 0 atom stereocenters. The SMILES string of the molecule is CCS/C(Cl)=C\c1ccc(C(C)(C)C)cc1. The average molecular weight is 255 g/mol. The van der Waals surface area contributed by atoms with Crippen LogP contribution in [0.25, 0.3) is 6.08 Å². The van der Waals surface area contributed by atoms with Crippen LogP contribution in [0.5, 0.6) is 0 Å². The van der Waals surface area contributed by atoms with Crippen LogP contribution in [0.15, 0.2) is 28.6 Å². The molecule has 0 radical (unpaired) electrons. The summed E-state index contributed by atoms with van der Waals surface area (Å²) in [6.07, 6.45) is 2.02. The summed E-state index contributed by atoms with van der Waals surface area (Å²) in [4.78, 5) is 0. The first-order valence-electron chi connectivity index (χ1n) is 5.54. The molecule has 0 fully saturated rings. The lowest BCUT2D eigenvalue weighted by Gasteiger charge is -2.18. The zero-order chi connectivity index (χ0) is 12.2. The summed E-state index contributed by atoms with van der Waals surface area (Å²) < 4.78 is 0.853. The normalized spacial score (nSPS) is 12.9. The monoisotopic (exact) mass is 254 g/mol. The van der Waals surface area contributed by atoms with Gasteiger partial charge < -0.3 is 0 Å². The lowest BCUT2D eigenvalue weighted by Crippen LogP contribution is -2.10. The summed E-state index contributed by atoms with van der Waals surface area (Å²) in [5.74, 6) is 1.01. The quantitative estimate of drug-likeness (QED) is 0.708. The van der Waals surface area contributed by atoms with Crippen LogP contribution in [0.1, 0.15) is 38.8 Å². The summed E-state index contributed by atoms with van der Waals surface area (Å²) in [7, 11) is 0. The Morgan fingerprint density at radius 3 is 2.25 bits per heavy atom. The van der Waals surface area contributed by atoms with Crippen molar-refractivity contribution in [3.63, 3.8) is 0 Å². The van der Waals surface area contributed by atoms with Crippen molar-refractivity contribution in [1.82, 2.24) is 0 Å². The molecule has 88 valence electrons. The number of hydrogen-bond acceptors (Lipinski definition) is 1. The Bertz CT molecular complexity index is 357. The Hall–Kier alpha value is -0.400. The number of halogens is 1. The molecule has 0 N–H and O–H groups in total. The van der Waals surface area contributed by atoms with E-state index in [9.17, 15) is 0 Å². The first-order chi connectivity index (χ1) is 7.43. The Morgan fingerprint density at radius 2 is 1.81 bits per heavy atom. The standard InChI is InChI=1S/C14H19ClS/c1-5-16-13(15)10-11-6-8-12(9-7-11)14(2,3)4/h6-10H,5H2,1-4H3/b13-10-. The highest BCUT2D eigenvalue weighted by Gasteiger charge is 2.12. The molecule has 0 spiro atoms. The summed E-state index contributed by atoms with van der Waals surface area (Å²) >= 11 is 7.73. The van der Waals surface area contributed by atoms with E-state index in [0.29, 0.717) is 0 Å². The number of thioether (sulfide) groups is 1. The van der Waals surface area contributed by atoms with E-state index >= 15 is 0 Å². The molecule has 0 amide bonds. The van der Waals surface area contributed by atoms with Crippen LogP contribution in [0.2, 0.25) is 0 Å². The highest BCUT2D eigenvalue weighted by atomic mass is 35.5. The molecular weight excluding hydrogens is 236 g/mol. The van der Waals surface area contributed by atoms with Gasteiger partial charge in [-0.3, -0.25) is 0 Å². The lowest BCUT2D eigenvalue weighted by molar-refractivity contribution is 0.590. The third-order valence-electron chi connectivity index (χ3n) is 2.34. The van der Waals surface area contributed by atoms with Crippen LogP contribution in [-0.2, 0) is 5.41 Å². The zero-order valence-corrected chi connectivity index (χ0v) is 12.0. The minimum atomic E-state index is 0.213. The molecule has 0 saturated heterocycles. The van der Waals surface area contributed by atoms with Crippen molar-refractivity contribution in [2.75, 3.05) is 5.75 Å². The average Bonchev–Trinajstić information content (AvgIpc) is 2.17. The van der Waals surface area contributed by atoms with Gasteiger partial charge in [-0.1, -0.05) is 63.6 Å². The van der Waals surface area contributed by atoms with Crippen molar-refractivity contribution in [3.8, 4) is 0 Å². The van der Waals surface area contributed by atoms with Gasteiger partial charge in [0.1, 0.15) is 0 Å². The molecule has 0 unspecified atom stereocenters. The molecule has 0 aromatic heterocycles. The third-order valence-corrected chi connectivity index (χ3v) is 3.46. The van der Waals surface area contributed by atoms with E-state index in [0.717, 1.165) is 10.1 Å². The Labute approximate surface area is 108 Å². The molecule has 0 aliphatic carbocycles. The summed E-state index contributed by atoms with van der Waals surface area (Å²) in [5.41, 5.74) is 2.73. The van der Waals surface area contributed by atoms with Crippen LogP contribution in [0, 0.1) is 0 Å². The van der Waals surface area contributed by atoms with Crippen LogP contribution >= 0.6 is 23.4 Å². The summed E-state index contributed by atoms with van der Waals surface area (Å²) in [5, 5.41) is 0. The maximum Gasteiger partial charge on any atom is 0.0740 e. The number of benzene rings is 1. The van der Waals surface area contributed by atoms with Gasteiger partial charge >= 0.3 is 0 Å². The second-order valence-corrected chi connectivity index (χ2v) is 6.69. The van der Waals surface area contributed by atoms with Gasteiger partial charge in [-0.15, -0.1) is 11.8 Å². The predicted molar refractivity (Wildman–Crippen MR) is 77.1 cm³/mol. The Morgan fingerprint density at radius 1 is 1.25 bits per heavy atom. The molecule has 1 aromatic rings. The van der Waals surface area contributed by atoms with Gasteiger partial charge in [0.05, 0.1) is 4.36 Å². The summed E-state index contributed by atoms with van der Waals surface area (Å²) in [6.45, 7) is 8.76. The van der Waals surface area contributed by atoms with E-state index in [1.54, 1.807) is 11.8 Å². The predicted octanol–water partition coefficient (Wildman–Crippen LogP) is 5.27. The van der Waals surface area contributed by atoms with Gasteiger partial charge in [0.15, 0.2) is 0 Å². The second-order valence-electron chi connectivity index (χ2n) is 4.75. The number of rotatable bonds is 3. The molecule has 0 aliphatic heterocycles. The van der Waals surface area contributed by atoms with E-state index < -0.39 is 0 Å². The molecule has 0 bridgehead atoms. The molecule has 0 nitrogen and oxygen atoms in total. The first-order valence-corrected chi connectivity index (χ1v) is 6.90. The first kappa shape index (κ1) is 13.7. The third kappa shape index (κ3) is 4.23. The van der Waals surface area contributed by atoms with Crippen molar-refractivity contribution in [2.45, 2.75) is 33.1 Å². The van der Waals surface area contributed by atoms with Gasteiger partial charge in [-0.25, -0.2) is 0 Å². The van der Waals surface area contributed by atoms with Gasteiger partial charge in [-0.2, -0.15) is 0 Å². The van der Waals surface area contributed by atoms with Crippen molar-refractivity contribution in [2.24, 2.45) is 0 Å². The Balaban J connectivity index is 2.83. The fraction of sp³-hybridized carbons (Fsp3) is 0.429. The Kier molecular flexibility index (Phi) is 4.94. The minimum absolute atomic E-state index is 0.213. The topological polar surface area (TPSA) is 0 Å². The molecule has 0 aliphatic rings. The fourth-order valence-corrected chi connectivity index (χ4v) is 2.34. The van der Waals surface area contributed by atoms with Crippen molar-refractivity contribution < 1.29 is 0 Å². The zero-order valence-electron chi connectivity index (χ0n) is 10.4. The van der Waals surface area contributed by atoms with Crippen molar-refractivity contribution in [1.29, 1.82) is 0 Å². The van der Waals surface area contributed by atoms with Crippen molar-refractivity contribution in [3.05, 3.63) is 39.8 Å². The van der Waals surface area contributed by atoms with Crippen LogP contribution < -0.4 is 0 Å². The maximum atomic E-state index is 6.07. The highest BCUT2D eigenvalue weighted by Crippen LogP contribution is 2.25. The molecule has 1 aromatic carbocycles. The molecule has 0 heterocycles. The van der Waals surface area contributed by atoms with E-state index in [4.69, 9.17) is 11.6 Å². The lowest BCUT2D eigenvalue weighted by atomic mass is 9.87. The van der Waals surface area contributed by atoms with Crippen molar-refractivity contribution >= 4 is 29.4 Å². The van der Waals surface area contributed by atoms with Gasteiger partial charge in [0, 0.05) is 0 Å². The molecule has 16 heavy (non-hydrogen) atoms. The number of hydrogen-bond donors (Lipinski definition) is 0. The van der Waals surface area contributed by atoms with Crippen LogP contribution in [-0.4, -0.2) is 5.75 Å². The van der Waals surface area contributed by atoms with E-state index in [2.05, 4.69) is 52.0 Å². The molecule has 1 rings (SSSR count). The van der Waals surface area contributed by atoms with Crippen LogP contribution in [0.3, 0.4) is 0 Å². The van der Waals surface area contributed by atoms with E-state index in [-0.39, 0.29) is 5.41 Å². The second kappa shape index (κ2) is 5.79. The molecule has 0 saturated carbocycles. The fourth-order valence-electron chi connectivity index (χ4n) is 1.39. The van der Waals surface area contributed by atoms with Gasteiger partial charge in [0.2, 0.25) is 0 Å². The largest absolute Gasteiger partial charge is 0.114 e. The summed E-state index contributed by atoms with van der Waals surface area (Å²) in [6, 6.07) is 8.59. The van der Waals surface area contributed by atoms with Crippen LogP contribution in [0.4, 0.5) is 0 Å². The maximum absolute atomic E-state index is 6.07. The smallest absolute Gasteiger partial charge is 0.0740 e. The molecular formula is C14H19ClS. The minimum Gasteiger partial charge on any atom is -0.114 e. The van der Waals surface area contributed by atoms with Gasteiger partial charge in [0.25, 0.3) is 0 Å². The highest BCUT2D eigenvalue weighted by molar-refractivity contribution is 8.04. The van der Waals surface area contributed by atoms with E-state index in [1.807, 2.05) is 6.08 Å². The van der Waals surface area contributed by atoms with E-state index in [1.165, 1.54) is 11.1 Å².